The summed E-state index contributed by atoms with van der Waals surface area (Å²) >= 11 is 0. The molecule has 4 rings (SSSR count). The van der Waals surface area contributed by atoms with Gasteiger partial charge in [0, 0.05) is 12.0 Å². The number of cyclic esters (lactones) is 1. The van der Waals surface area contributed by atoms with Crippen LogP contribution >= 0.6 is 0 Å². The van der Waals surface area contributed by atoms with Crippen LogP contribution in [0.4, 0.5) is 0 Å². The number of hydrogen-bond acceptors (Lipinski definition) is 6. The van der Waals surface area contributed by atoms with Gasteiger partial charge in [-0.05, 0) is 28.5 Å². The zero-order valence-electron chi connectivity index (χ0n) is 15.6. The largest absolute Gasteiger partial charge is 0.492 e. The lowest BCUT2D eigenvalue weighted by Crippen LogP contribution is -2.28. The van der Waals surface area contributed by atoms with Crippen LogP contribution in [0.2, 0.25) is 0 Å². The van der Waals surface area contributed by atoms with Crippen LogP contribution in [0.15, 0.2) is 48.5 Å². The molecule has 0 aromatic heterocycles. The standard InChI is InChI=1S/C22H20O6/c1-25-20-16-11-19(23)28-22(24)17(16)10-18(21(20)26-2)27-12-13-7-8-14-5-3-4-6-15(14)9-13/h3-10,19,23H,11-12H2,1-2H3. The van der Waals surface area contributed by atoms with E-state index in [4.69, 9.17) is 18.9 Å². The number of carbonyl (C=O) groups excluding carboxylic acids is 1. The first-order chi connectivity index (χ1) is 13.6. The van der Waals surface area contributed by atoms with E-state index in [0.29, 0.717) is 35.0 Å². The number of rotatable bonds is 5. The third kappa shape index (κ3) is 3.23. The Bertz CT molecular complexity index is 1040. The summed E-state index contributed by atoms with van der Waals surface area (Å²) in [6.45, 7) is 0.292. The normalized spacial score (nSPS) is 15.7. The summed E-state index contributed by atoms with van der Waals surface area (Å²) in [5, 5.41) is 12.0. The molecule has 1 heterocycles. The summed E-state index contributed by atoms with van der Waals surface area (Å²) in [5.41, 5.74) is 1.83. The van der Waals surface area contributed by atoms with E-state index in [-0.39, 0.29) is 6.42 Å². The van der Waals surface area contributed by atoms with Crippen molar-refractivity contribution in [3.05, 3.63) is 65.2 Å². The lowest BCUT2D eigenvalue weighted by atomic mass is 9.99. The number of aliphatic hydroxyl groups is 1. The van der Waals surface area contributed by atoms with Crippen molar-refractivity contribution in [3.63, 3.8) is 0 Å². The van der Waals surface area contributed by atoms with Crippen LogP contribution in [0.1, 0.15) is 21.5 Å². The van der Waals surface area contributed by atoms with Crippen LogP contribution < -0.4 is 14.2 Å². The molecule has 0 amide bonds. The smallest absolute Gasteiger partial charge is 0.341 e. The molecule has 0 aliphatic carbocycles. The summed E-state index contributed by atoms with van der Waals surface area (Å²) in [5.74, 6) is 0.498. The second-order valence-electron chi connectivity index (χ2n) is 6.50. The van der Waals surface area contributed by atoms with Crippen molar-refractivity contribution in [2.24, 2.45) is 0 Å². The average Bonchev–Trinajstić information content (AvgIpc) is 2.71. The Hall–Kier alpha value is -3.25. The number of hydrogen-bond donors (Lipinski definition) is 1. The lowest BCUT2D eigenvalue weighted by Gasteiger charge is -2.25. The molecule has 1 aliphatic heterocycles. The molecule has 28 heavy (non-hydrogen) atoms. The van der Waals surface area contributed by atoms with Crippen molar-refractivity contribution in [1.82, 2.24) is 0 Å². The van der Waals surface area contributed by atoms with E-state index >= 15 is 0 Å². The highest BCUT2D eigenvalue weighted by Crippen LogP contribution is 2.44. The summed E-state index contributed by atoms with van der Waals surface area (Å²) in [7, 11) is 2.99. The van der Waals surface area contributed by atoms with Crippen LogP contribution in [-0.2, 0) is 17.8 Å². The SMILES string of the molecule is COc1c(OCc2ccc3ccccc3c2)cc2c(c1OC)CC(O)OC2=O. The van der Waals surface area contributed by atoms with Gasteiger partial charge in [0.1, 0.15) is 6.61 Å². The fraction of sp³-hybridized carbons (Fsp3) is 0.227. The molecule has 0 spiro atoms. The van der Waals surface area contributed by atoms with E-state index < -0.39 is 12.3 Å². The number of ether oxygens (including phenoxy) is 4. The first-order valence-corrected chi connectivity index (χ1v) is 8.88. The predicted molar refractivity (Wildman–Crippen MR) is 103 cm³/mol. The molecular weight excluding hydrogens is 360 g/mol. The van der Waals surface area contributed by atoms with E-state index in [2.05, 4.69) is 12.1 Å². The van der Waals surface area contributed by atoms with Crippen LogP contribution in [0.3, 0.4) is 0 Å². The maximum Gasteiger partial charge on any atom is 0.341 e. The average molecular weight is 380 g/mol. The van der Waals surface area contributed by atoms with Crippen molar-refractivity contribution < 1.29 is 28.8 Å². The Balaban J connectivity index is 1.68. The minimum Gasteiger partial charge on any atom is -0.492 e. The zero-order valence-corrected chi connectivity index (χ0v) is 15.6. The van der Waals surface area contributed by atoms with Gasteiger partial charge in [-0.25, -0.2) is 4.79 Å². The molecule has 0 radical (unpaired) electrons. The number of benzene rings is 3. The Morgan fingerprint density at radius 1 is 1.04 bits per heavy atom. The first-order valence-electron chi connectivity index (χ1n) is 8.88. The van der Waals surface area contributed by atoms with E-state index in [9.17, 15) is 9.90 Å². The number of fused-ring (bicyclic) bond motifs is 2. The maximum absolute atomic E-state index is 12.2. The molecule has 1 atom stereocenters. The predicted octanol–water partition coefficient (Wildman–Crippen LogP) is 3.47. The van der Waals surface area contributed by atoms with Crippen LogP contribution in [-0.4, -0.2) is 31.6 Å². The van der Waals surface area contributed by atoms with Gasteiger partial charge in [-0.15, -0.1) is 0 Å². The topological polar surface area (TPSA) is 74.2 Å². The molecule has 3 aromatic carbocycles. The highest BCUT2D eigenvalue weighted by molar-refractivity contribution is 5.94. The van der Waals surface area contributed by atoms with Gasteiger partial charge >= 0.3 is 5.97 Å². The number of esters is 1. The molecule has 0 saturated carbocycles. The zero-order chi connectivity index (χ0) is 19.7. The fourth-order valence-corrected chi connectivity index (χ4v) is 3.45. The molecular formula is C22H20O6. The summed E-state index contributed by atoms with van der Waals surface area (Å²) in [6.07, 6.45) is -1.08. The van der Waals surface area contributed by atoms with E-state index in [0.717, 1.165) is 16.3 Å². The highest BCUT2D eigenvalue weighted by Gasteiger charge is 2.32. The molecule has 144 valence electrons. The Kier molecular flexibility index (Phi) is 4.79. The van der Waals surface area contributed by atoms with Crippen molar-refractivity contribution in [2.45, 2.75) is 19.3 Å². The maximum atomic E-state index is 12.2. The van der Waals surface area contributed by atoms with Gasteiger partial charge < -0.3 is 24.1 Å². The third-order valence-electron chi connectivity index (χ3n) is 4.76. The van der Waals surface area contributed by atoms with Gasteiger partial charge in [0.2, 0.25) is 12.0 Å². The number of methoxy groups -OCH3 is 2. The minimum absolute atomic E-state index is 0.131. The Labute approximate surface area is 162 Å². The van der Waals surface area contributed by atoms with Gasteiger partial charge in [0.05, 0.1) is 19.8 Å². The van der Waals surface area contributed by atoms with Gasteiger partial charge in [-0.1, -0.05) is 36.4 Å². The molecule has 0 saturated heterocycles. The number of aliphatic hydroxyl groups excluding tert-OH is 1. The van der Waals surface area contributed by atoms with Gasteiger partial charge in [-0.2, -0.15) is 0 Å². The summed E-state index contributed by atoms with van der Waals surface area (Å²) in [4.78, 5) is 12.2. The second kappa shape index (κ2) is 7.40. The lowest BCUT2D eigenvalue weighted by molar-refractivity contribution is -0.0691. The molecule has 1 N–H and O–H groups in total. The first kappa shape index (κ1) is 18.1. The molecule has 0 fully saturated rings. The summed E-state index contributed by atoms with van der Waals surface area (Å²) in [6, 6.07) is 15.8. The van der Waals surface area contributed by atoms with Crippen LogP contribution in [0, 0.1) is 0 Å². The molecule has 1 unspecified atom stereocenters. The Morgan fingerprint density at radius 2 is 1.79 bits per heavy atom. The van der Waals surface area contributed by atoms with Crippen LogP contribution in [0.5, 0.6) is 17.2 Å². The van der Waals surface area contributed by atoms with Crippen molar-refractivity contribution in [1.29, 1.82) is 0 Å². The van der Waals surface area contributed by atoms with Crippen molar-refractivity contribution >= 4 is 16.7 Å². The van der Waals surface area contributed by atoms with E-state index in [1.54, 1.807) is 6.07 Å². The summed E-state index contributed by atoms with van der Waals surface area (Å²) < 4.78 is 21.8. The molecule has 6 heteroatoms. The van der Waals surface area contributed by atoms with Crippen molar-refractivity contribution in [2.75, 3.05) is 14.2 Å². The molecule has 3 aromatic rings. The molecule has 0 bridgehead atoms. The quantitative estimate of drug-likeness (QED) is 0.684. The minimum atomic E-state index is -1.21. The number of carbonyl (C=O) groups is 1. The fourth-order valence-electron chi connectivity index (χ4n) is 3.45. The molecule has 6 nitrogen and oxygen atoms in total. The van der Waals surface area contributed by atoms with Crippen molar-refractivity contribution in [3.8, 4) is 17.2 Å². The van der Waals surface area contributed by atoms with Crippen LogP contribution in [0.25, 0.3) is 10.8 Å². The van der Waals surface area contributed by atoms with Gasteiger partial charge in [0.25, 0.3) is 0 Å². The monoisotopic (exact) mass is 380 g/mol. The second-order valence-corrected chi connectivity index (χ2v) is 6.50. The Morgan fingerprint density at radius 3 is 2.54 bits per heavy atom. The van der Waals surface area contributed by atoms with E-state index in [1.165, 1.54) is 14.2 Å². The van der Waals surface area contributed by atoms with E-state index in [1.807, 2.05) is 30.3 Å². The highest BCUT2D eigenvalue weighted by atomic mass is 16.6. The van der Waals surface area contributed by atoms with Gasteiger partial charge in [0.15, 0.2) is 11.5 Å². The van der Waals surface area contributed by atoms with Gasteiger partial charge in [-0.3, -0.25) is 0 Å². The molecule has 1 aliphatic rings. The third-order valence-corrected chi connectivity index (χ3v) is 4.76.